The van der Waals surface area contributed by atoms with Crippen molar-refractivity contribution in [2.45, 2.75) is 18.1 Å². The standard InChI is InChI=1S/C24H20O8/c25-20(14-7-3-1-4-8-14)29-12-16-11-24(13-30-21(26)15-9-5-2-6-10-15)18-17(19(16)32-24)22(27)31-23(18)28/h1-10,16-19H,11-13H2/t16-,17?,18?,19+,24-/m1/s1. The molecule has 2 unspecified atom stereocenters. The first-order chi connectivity index (χ1) is 15.5. The molecular weight excluding hydrogens is 416 g/mol. The van der Waals surface area contributed by atoms with Crippen LogP contribution in [0.25, 0.3) is 0 Å². The lowest BCUT2D eigenvalue weighted by Crippen LogP contribution is -2.47. The number of ether oxygens (including phenoxy) is 4. The molecule has 0 spiro atoms. The van der Waals surface area contributed by atoms with Crippen LogP contribution in [0.3, 0.4) is 0 Å². The number of esters is 4. The normalized spacial score (nSPS) is 30.0. The lowest BCUT2D eigenvalue weighted by atomic mass is 9.69. The van der Waals surface area contributed by atoms with Crippen molar-refractivity contribution in [3.8, 4) is 0 Å². The van der Waals surface area contributed by atoms with Gasteiger partial charge in [-0.25, -0.2) is 9.59 Å². The average Bonchev–Trinajstić information content (AvgIpc) is 3.46. The van der Waals surface area contributed by atoms with E-state index in [1.165, 1.54) is 0 Å². The zero-order valence-electron chi connectivity index (χ0n) is 17.0. The predicted octanol–water partition coefficient (Wildman–Crippen LogP) is 2.17. The number of hydrogen-bond donors (Lipinski definition) is 0. The van der Waals surface area contributed by atoms with Gasteiger partial charge in [0.05, 0.1) is 23.8 Å². The van der Waals surface area contributed by atoms with Gasteiger partial charge in [-0.2, -0.15) is 0 Å². The van der Waals surface area contributed by atoms with Crippen molar-refractivity contribution < 1.29 is 38.1 Å². The highest BCUT2D eigenvalue weighted by Crippen LogP contribution is 2.57. The summed E-state index contributed by atoms with van der Waals surface area (Å²) in [6.07, 6.45) is -0.358. The van der Waals surface area contributed by atoms with Crippen LogP contribution >= 0.6 is 0 Å². The summed E-state index contributed by atoms with van der Waals surface area (Å²) in [5.41, 5.74) is -0.407. The highest BCUT2D eigenvalue weighted by atomic mass is 16.6. The first kappa shape index (κ1) is 20.4. The van der Waals surface area contributed by atoms with Crippen LogP contribution in [-0.2, 0) is 28.5 Å². The fraction of sp³-hybridized carbons (Fsp3) is 0.333. The van der Waals surface area contributed by atoms with Crippen LogP contribution in [0, 0.1) is 17.8 Å². The first-order valence-electron chi connectivity index (χ1n) is 10.4. The largest absolute Gasteiger partial charge is 0.462 e. The molecule has 3 heterocycles. The van der Waals surface area contributed by atoms with Crippen LogP contribution in [0.1, 0.15) is 27.1 Å². The van der Waals surface area contributed by atoms with Crippen LogP contribution in [0.2, 0.25) is 0 Å². The number of cyclic esters (lactones) is 2. The van der Waals surface area contributed by atoms with Gasteiger partial charge in [-0.3, -0.25) is 9.59 Å². The molecule has 0 aliphatic carbocycles. The van der Waals surface area contributed by atoms with Crippen molar-refractivity contribution in [3.63, 3.8) is 0 Å². The Morgan fingerprint density at radius 1 is 0.875 bits per heavy atom. The Balaban J connectivity index is 1.31. The van der Waals surface area contributed by atoms with Crippen molar-refractivity contribution >= 4 is 23.9 Å². The highest BCUT2D eigenvalue weighted by Gasteiger charge is 2.72. The van der Waals surface area contributed by atoms with Crippen molar-refractivity contribution in [2.24, 2.45) is 17.8 Å². The smallest absolute Gasteiger partial charge is 0.338 e. The summed E-state index contributed by atoms with van der Waals surface area (Å²) < 4.78 is 21.9. The maximum Gasteiger partial charge on any atom is 0.338 e. The molecule has 3 aliphatic rings. The molecule has 8 nitrogen and oxygen atoms in total. The summed E-state index contributed by atoms with van der Waals surface area (Å²) >= 11 is 0. The van der Waals surface area contributed by atoms with Gasteiger partial charge < -0.3 is 18.9 Å². The molecule has 32 heavy (non-hydrogen) atoms. The molecule has 8 heteroatoms. The summed E-state index contributed by atoms with van der Waals surface area (Å²) in [6.45, 7) is -0.193. The van der Waals surface area contributed by atoms with E-state index >= 15 is 0 Å². The minimum atomic E-state index is -1.19. The molecule has 2 aromatic carbocycles. The third-order valence-electron chi connectivity index (χ3n) is 6.35. The summed E-state index contributed by atoms with van der Waals surface area (Å²) in [5, 5.41) is 0. The zero-order valence-corrected chi connectivity index (χ0v) is 17.0. The van der Waals surface area contributed by atoms with Crippen molar-refractivity contribution in [3.05, 3.63) is 71.8 Å². The lowest BCUT2D eigenvalue weighted by Gasteiger charge is -2.31. The number of carbonyl (C=O) groups excluding carboxylic acids is 4. The van der Waals surface area contributed by atoms with Gasteiger partial charge >= 0.3 is 23.9 Å². The Kier molecular flexibility index (Phi) is 5.01. The molecule has 0 amide bonds. The number of rotatable bonds is 6. The van der Waals surface area contributed by atoms with E-state index in [4.69, 9.17) is 18.9 Å². The summed E-state index contributed by atoms with van der Waals surface area (Å²) in [4.78, 5) is 49.5. The maximum atomic E-state index is 12.4. The molecule has 0 N–H and O–H groups in total. The molecule has 0 saturated carbocycles. The van der Waals surface area contributed by atoms with Crippen LogP contribution in [0.5, 0.6) is 0 Å². The van der Waals surface area contributed by atoms with Crippen LogP contribution < -0.4 is 0 Å². The molecule has 2 bridgehead atoms. The Morgan fingerprint density at radius 3 is 2.09 bits per heavy atom. The van der Waals surface area contributed by atoms with E-state index in [1.807, 2.05) is 0 Å². The van der Waals surface area contributed by atoms with E-state index in [0.717, 1.165) is 0 Å². The fourth-order valence-corrected chi connectivity index (χ4v) is 4.94. The minimum Gasteiger partial charge on any atom is -0.462 e. The topological polar surface area (TPSA) is 105 Å². The Bertz CT molecular complexity index is 1070. The monoisotopic (exact) mass is 436 g/mol. The maximum absolute atomic E-state index is 12.4. The Morgan fingerprint density at radius 2 is 1.47 bits per heavy atom. The predicted molar refractivity (Wildman–Crippen MR) is 107 cm³/mol. The van der Waals surface area contributed by atoms with Crippen LogP contribution in [0.15, 0.2) is 60.7 Å². The van der Waals surface area contributed by atoms with E-state index in [9.17, 15) is 19.2 Å². The average molecular weight is 436 g/mol. The van der Waals surface area contributed by atoms with E-state index < -0.39 is 47.4 Å². The molecule has 3 saturated heterocycles. The molecular formula is C24H20O8. The summed E-state index contributed by atoms with van der Waals surface area (Å²) in [7, 11) is 0. The van der Waals surface area contributed by atoms with E-state index in [0.29, 0.717) is 17.5 Å². The van der Waals surface area contributed by atoms with Crippen molar-refractivity contribution in [1.82, 2.24) is 0 Å². The van der Waals surface area contributed by atoms with Gasteiger partial charge in [0.25, 0.3) is 0 Å². The van der Waals surface area contributed by atoms with E-state index in [2.05, 4.69) is 0 Å². The van der Waals surface area contributed by atoms with Crippen LogP contribution in [-0.4, -0.2) is 48.8 Å². The lowest BCUT2D eigenvalue weighted by molar-refractivity contribution is -0.160. The molecule has 2 aromatic rings. The molecule has 3 aliphatic heterocycles. The van der Waals surface area contributed by atoms with Crippen LogP contribution in [0.4, 0.5) is 0 Å². The molecule has 5 rings (SSSR count). The number of carbonyl (C=O) groups is 4. The Labute approximate surface area is 183 Å². The number of benzene rings is 2. The van der Waals surface area contributed by atoms with Crippen molar-refractivity contribution in [1.29, 1.82) is 0 Å². The van der Waals surface area contributed by atoms with Gasteiger partial charge in [-0.15, -0.1) is 0 Å². The van der Waals surface area contributed by atoms with Gasteiger partial charge in [-0.1, -0.05) is 36.4 Å². The van der Waals surface area contributed by atoms with Gasteiger partial charge in [0.1, 0.15) is 24.0 Å². The molecule has 0 radical (unpaired) electrons. The third kappa shape index (κ3) is 3.36. The second kappa shape index (κ2) is 7.87. The second-order valence-electron chi connectivity index (χ2n) is 8.26. The highest BCUT2D eigenvalue weighted by molar-refractivity contribution is 5.98. The first-order valence-corrected chi connectivity index (χ1v) is 10.4. The molecule has 164 valence electrons. The van der Waals surface area contributed by atoms with Gasteiger partial charge in [-0.05, 0) is 30.7 Å². The number of hydrogen-bond acceptors (Lipinski definition) is 8. The van der Waals surface area contributed by atoms with Crippen molar-refractivity contribution in [2.75, 3.05) is 13.2 Å². The molecule has 3 fully saturated rings. The van der Waals surface area contributed by atoms with E-state index in [-0.39, 0.29) is 19.1 Å². The molecule has 5 atom stereocenters. The zero-order chi connectivity index (χ0) is 22.3. The second-order valence-corrected chi connectivity index (χ2v) is 8.26. The number of fused-ring (bicyclic) bond motifs is 5. The molecule has 0 aromatic heterocycles. The summed E-state index contributed by atoms with van der Waals surface area (Å²) in [6, 6.07) is 17.0. The quantitative estimate of drug-likeness (QED) is 0.385. The minimum absolute atomic E-state index is 0.0114. The Hall–Kier alpha value is -3.52. The van der Waals surface area contributed by atoms with Gasteiger partial charge in [0.2, 0.25) is 0 Å². The SMILES string of the molecule is O=C(OC[C@H]1C[C@]2(COC(=O)c3ccccc3)O[C@@H]1C1C(=O)OC(=O)C12)c1ccccc1. The fourth-order valence-electron chi connectivity index (χ4n) is 4.94. The van der Waals surface area contributed by atoms with Gasteiger partial charge in [0, 0.05) is 5.92 Å². The third-order valence-corrected chi connectivity index (χ3v) is 6.35. The summed E-state index contributed by atoms with van der Waals surface area (Å²) in [5.74, 6) is -4.34. The van der Waals surface area contributed by atoms with Gasteiger partial charge in [0.15, 0.2) is 0 Å². The van der Waals surface area contributed by atoms with E-state index in [1.54, 1.807) is 60.7 Å².